The minimum Gasteiger partial charge on any atom is -0.330 e. The van der Waals surface area contributed by atoms with Gasteiger partial charge in [0.05, 0.1) is 0 Å². The monoisotopic (exact) mass is 318 g/mol. The summed E-state index contributed by atoms with van der Waals surface area (Å²) in [5.41, 5.74) is 5.97. The van der Waals surface area contributed by atoms with Crippen LogP contribution in [0, 0.1) is 17.0 Å². The van der Waals surface area contributed by atoms with Crippen molar-refractivity contribution in [3.8, 4) is 0 Å². The molecular weight excluding hydrogens is 298 g/mol. The molecule has 1 aromatic carbocycles. The summed E-state index contributed by atoms with van der Waals surface area (Å²) in [7, 11) is 0. The third kappa shape index (κ3) is 4.64. The minimum absolute atomic E-state index is 0. The van der Waals surface area contributed by atoms with E-state index in [1.54, 1.807) is 0 Å². The van der Waals surface area contributed by atoms with Crippen LogP contribution in [0.1, 0.15) is 38.5 Å². The lowest BCUT2D eigenvalue weighted by atomic mass is 9.71. The number of hydrogen-bond donors (Lipinski definition) is 2. The van der Waals surface area contributed by atoms with Crippen molar-refractivity contribution in [3.05, 3.63) is 29.8 Å². The van der Waals surface area contributed by atoms with Crippen molar-refractivity contribution in [2.75, 3.05) is 11.9 Å². The summed E-state index contributed by atoms with van der Waals surface area (Å²) in [5.74, 6) is -2.08. The summed E-state index contributed by atoms with van der Waals surface area (Å²) in [6.07, 6.45) is 5.61. The highest BCUT2D eigenvalue weighted by Crippen LogP contribution is 2.38. The van der Waals surface area contributed by atoms with Crippen LogP contribution < -0.4 is 11.1 Å². The van der Waals surface area contributed by atoms with Crippen molar-refractivity contribution in [3.63, 3.8) is 0 Å². The lowest BCUT2D eigenvalue weighted by Crippen LogP contribution is -2.36. The van der Waals surface area contributed by atoms with Gasteiger partial charge in [-0.1, -0.05) is 19.3 Å². The predicted octanol–water partition coefficient (Wildman–Crippen LogP) is 3.62. The number of halogens is 3. The van der Waals surface area contributed by atoms with Gasteiger partial charge in [-0.2, -0.15) is 0 Å². The van der Waals surface area contributed by atoms with Crippen LogP contribution in [-0.4, -0.2) is 12.5 Å². The Labute approximate surface area is 129 Å². The van der Waals surface area contributed by atoms with Crippen LogP contribution in [-0.2, 0) is 4.79 Å². The Hall–Kier alpha value is -1.20. The Bertz CT molecular complexity index is 491. The zero-order chi connectivity index (χ0) is 14.6. The molecule has 3 nitrogen and oxygen atoms in total. The topological polar surface area (TPSA) is 55.1 Å². The highest BCUT2D eigenvalue weighted by molar-refractivity contribution is 5.91. The largest absolute Gasteiger partial charge is 0.330 e. The first kappa shape index (κ1) is 17.9. The van der Waals surface area contributed by atoms with Crippen molar-refractivity contribution in [1.29, 1.82) is 0 Å². The van der Waals surface area contributed by atoms with Crippen molar-refractivity contribution in [2.24, 2.45) is 11.1 Å². The summed E-state index contributed by atoms with van der Waals surface area (Å²) >= 11 is 0. The van der Waals surface area contributed by atoms with Crippen molar-refractivity contribution in [1.82, 2.24) is 0 Å². The maximum Gasteiger partial charge on any atom is 0.224 e. The van der Waals surface area contributed by atoms with E-state index in [0.717, 1.165) is 37.8 Å². The maximum atomic E-state index is 13.1. The van der Waals surface area contributed by atoms with Gasteiger partial charge in [0, 0.05) is 18.2 Å². The molecule has 0 aliphatic heterocycles. The summed E-state index contributed by atoms with van der Waals surface area (Å²) in [6.45, 7) is 0.484. The van der Waals surface area contributed by atoms with E-state index in [1.807, 2.05) is 0 Å². The van der Waals surface area contributed by atoms with E-state index in [0.29, 0.717) is 13.0 Å². The molecule has 1 saturated carbocycles. The Balaban J connectivity index is 0.00000220. The molecule has 0 unspecified atom stereocenters. The maximum absolute atomic E-state index is 13.1. The van der Waals surface area contributed by atoms with Crippen LogP contribution in [0.25, 0.3) is 0 Å². The Morgan fingerprint density at radius 2 is 1.86 bits per heavy atom. The summed E-state index contributed by atoms with van der Waals surface area (Å²) in [5, 5.41) is 2.62. The summed E-state index contributed by atoms with van der Waals surface area (Å²) in [4.78, 5) is 12.1. The second-order valence-corrected chi connectivity index (χ2v) is 5.62. The smallest absolute Gasteiger partial charge is 0.224 e. The van der Waals surface area contributed by atoms with E-state index in [1.165, 1.54) is 12.5 Å². The fraction of sp³-hybridized carbons (Fsp3) is 0.533. The van der Waals surface area contributed by atoms with Gasteiger partial charge in [0.25, 0.3) is 0 Å². The first-order valence-electron chi connectivity index (χ1n) is 7.00. The molecular formula is C15H21ClF2N2O. The number of carbonyl (C=O) groups excluding carboxylic acids is 1. The van der Waals surface area contributed by atoms with Crippen LogP contribution in [0.15, 0.2) is 18.2 Å². The molecule has 118 valence electrons. The molecule has 3 N–H and O–H groups in total. The molecule has 0 saturated heterocycles. The van der Waals surface area contributed by atoms with Crippen LogP contribution >= 0.6 is 12.4 Å². The predicted molar refractivity (Wildman–Crippen MR) is 81.4 cm³/mol. The van der Waals surface area contributed by atoms with Gasteiger partial charge >= 0.3 is 0 Å². The SMILES string of the molecule is Cl.NCC1(CC(=O)Nc2ccc(F)c(F)c2)CCCCC1. The quantitative estimate of drug-likeness (QED) is 0.890. The fourth-order valence-electron chi connectivity index (χ4n) is 2.87. The average molecular weight is 319 g/mol. The first-order chi connectivity index (χ1) is 9.54. The van der Waals surface area contributed by atoms with E-state index in [9.17, 15) is 13.6 Å². The molecule has 1 aliphatic carbocycles. The lowest BCUT2D eigenvalue weighted by Gasteiger charge is -2.35. The third-order valence-corrected chi connectivity index (χ3v) is 4.09. The van der Waals surface area contributed by atoms with E-state index in [-0.39, 0.29) is 29.4 Å². The molecule has 0 heterocycles. The number of amides is 1. The number of nitrogens with one attached hydrogen (secondary N) is 1. The van der Waals surface area contributed by atoms with Gasteiger partial charge in [0.1, 0.15) is 0 Å². The molecule has 21 heavy (non-hydrogen) atoms. The lowest BCUT2D eigenvalue weighted by molar-refractivity contribution is -0.118. The third-order valence-electron chi connectivity index (χ3n) is 4.09. The standard InChI is InChI=1S/C15H20F2N2O.ClH/c16-12-5-4-11(8-13(12)17)19-14(20)9-15(10-18)6-2-1-3-7-15;/h4-5,8H,1-3,6-7,9-10,18H2,(H,19,20);1H. The molecule has 2 rings (SSSR count). The number of nitrogens with two attached hydrogens (primary N) is 1. The molecule has 6 heteroatoms. The van der Waals surface area contributed by atoms with Gasteiger partial charge in [0.2, 0.25) is 5.91 Å². The van der Waals surface area contributed by atoms with Crippen LogP contribution in [0.3, 0.4) is 0 Å². The number of rotatable bonds is 4. The molecule has 1 amide bonds. The minimum atomic E-state index is -0.964. The highest BCUT2D eigenvalue weighted by atomic mass is 35.5. The van der Waals surface area contributed by atoms with E-state index >= 15 is 0 Å². The van der Waals surface area contributed by atoms with Crippen LogP contribution in [0.2, 0.25) is 0 Å². The van der Waals surface area contributed by atoms with Gasteiger partial charge in [-0.15, -0.1) is 12.4 Å². The van der Waals surface area contributed by atoms with Gasteiger partial charge in [-0.25, -0.2) is 8.78 Å². The number of carbonyl (C=O) groups is 1. The van der Waals surface area contributed by atoms with E-state index in [4.69, 9.17) is 5.73 Å². The fourth-order valence-corrected chi connectivity index (χ4v) is 2.87. The molecule has 0 bridgehead atoms. The first-order valence-corrected chi connectivity index (χ1v) is 7.00. The molecule has 0 radical (unpaired) electrons. The average Bonchev–Trinajstić information content (AvgIpc) is 2.44. The molecule has 0 aromatic heterocycles. The Kier molecular flexibility index (Phi) is 6.55. The highest BCUT2D eigenvalue weighted by Gasteiger charge is 2.32. The molecule has 0 spiro atoms. The molecule has 1 aromatic rings. The van der Waals surface area contributed by atoms with Gasteiger partial charge < -0.3 is 11.1 Å². The zero-order valence-electron chi connectivity index (χ0n) is 11.8. The number of anilines is 1. The second-order valence-electron chi connectivity index (χ2n) is 5.62. The van der Waals surface area contributed by atoms with E-state index < -0.39 is 11.6 Å². The second kappa shape index (κ2) is 7.71. The van der Waals surface area contributed by atoms with Crippen molar-refractivity contribution < 1.29 is 13.6 Å². The zero-order valence-corrected chi connectivity index (χ0v) is 12.6. The number of hydrogen-bond acceptors (Lipinski definition) is 2. The summed E-state index contributed by atoms with van der Waals surface area (Å²) in [6, 6.07) is 3.35. The van der Waals surface area contributed by atoms with Crippen molar-refractivity contribution >= 4 is 24.0 Å². The summed E-state index contributed by atoms with van der Waals surface area (Å²) < 4.78 is 25.9. The molecule has 1 fully saturated rings. The van der Waals surface area contributed by atoms with Crippen molar-refractivity contribution in [2.45, 2.75) is 38.5 Å². The normalized spacial score (nSPS) is 16.9. The molecule has 1 aliphatic rings. The van der Waals surface area contributed by atoms with Gasteiger partial charge in [0.15, 0.2) is 11.6 Å². The van der Waals surface area contributed by atoms with Gasteiger partial charge in [-0.05, 0) is 36.9 Å². The Morgan fingerprint density at radius 3 is 2.43 bits per heavy atom. The van der Waals surface area contributed by atoms with Crippen LogP contribution in [0.4, 0.5) is 14.5 Å². The van der Waals surface area contributed by atoms with Crippen LogP contribution in [0.5, 0.6) is 0 Å². The van der Waals surface area contributed by atoms with Gasteiger partial charge in [-0.3, -0.25) is 4.79 Å². The number of benzene rings is 1. The Morgan fingerprint density at radius 1 is 1.19 bits per heavy atom. The van der Waals surface area contributed by atoms with E-state index in [2.05, 4.69) is 5.32 Å². The molecule has 0 atom stereocenters.